The number of ether oxygens (including phenoxy) is 1. The van der Waals surface area contributed by atoms with Gasteiger partial charge in [0.2, 0.25) is 15.9 Å². The molecule has 3 aromatic rings. The monoisotopic (exact) mass is 387 g/mol. The minimum Gasteiger partial charge on any atom is -0.495 e. The van der Waals surface area contributed by atoms with Crippen LogP contribution in [0.1, 0.15) is 18.1 Å². The minimum absolute atomic E-state index is 0.124. The molecule has 0 unspecified atom stereocenters. The number of aromatic amines is 1. The molecule has 4 N–H and O–H groups in total. The number of aromatic nitrogens is 1. The van der Waals surface area contributed by atoms with Crippen LogP contribution in [0.15, 0.2) is 47.5 Å². The van der Waals surface area contributed by atoms with Gasteiger partial charge < -0.3 is 15.0 Å². The lowest BCUT2D eigenvalue weighted by Crippen LogP contribution is -2.17. The van der Waals surface area contributed by atoms with Crippen molar-refractivity contribution < 1.29 is 17.9 Å². The average molecular weight is 387 g/mol. The van der Waals surface area contributed by atoms with Gasteiger partial charge in [0.05, 0.1) is 13.5 Å². The van der Waals surface area contributed by atoms with E-state index in [1.807, 2.05) is 18.3 Å². The zero-order valence-electron chi connectivity index (χ0n) is 15.1. The fraction of sp³-hybridized carbons (Fsp3) is 0.211. The molecule has 0 aliphatic rings. The van der Waals surface area contributed by atoms with E-state index in [1.165, 1.54) is 24.8 Å². The van der Waals surface area contributed by atoms with Crippen LogP contribution in [0.3, 0.4) is 0 Å². The van der Waals surface area contributed by atoms with Crippen LogP contribution in [0.4, 0.5) is 5.69 Å². The number of nitrogens with two attached hydrogens (primary N) is 1. The van der Waals surface area contributed by atoms with E-state index in [9.17, 15) is 13.2 Å². The molecule has 8 heteroatoms. The molecular weight excluding hydrogens is 366 g/mol. The molecule has 0 aliphatic heterocycles. The van der Waals surface area contributed by atoms with E-state index in [4.69, 9.17) is 9.88 Å². The number of rotatable bonds is 6. The Bertz CT molecular complexity index is 1100. The van der Waals surface area contributed by atoms with Gasteiger partial charge in [-0.2, -0.15) is 0 Å². The number of para-hydroxylation sites is 1. The van der Waals surface area contributed by atoms with Gasteiger partial charge in [-0.25, -0.2) is 13.6 Å². The summed E-state index contributed by atoms with van der Waals surface area (Å²) in [5, 5.41) is 8.92. The summed E-state index contributed by atoms with van der Waals surface area (Å²) in [6.07, 6.45) is 2.88. The predicted molar refractivity (Wildman–Crippen MR) is 104 cm³/mol. The number of carbonyl (C=O) groups excluding carboxylic acids is 1. The van der Waals surface area contributed by atoms with E-state index in [-0.39, 0.29) is 23.0 Å². The Morgan fingerprint density at radius 1 is 1.22 bits per heavy atom. The lowest BCUT2D eigenvalue weighted by atomic mass is 10.1. The molecule has 142 valence electrons. The highest BCUT2D eigenvalue weighted by molar-refractivity contribution is 7.89. The van der Waals surface area contributed by atoms with Crippen molar-refractivity contribution in [2.24, 2.45) is 5.14 Å². The molecule has 3 rings (SSSR count). The van der Waals surface area contributed by atoms with Gasteiger partial charge in [-0.3, -0.25) is 4.79 Å². The number of hydrogen-bond donors (Lipinski definition) is 3. The summed E-state index contributed by atoms with van der Waals surface area (Å²) in [6.45, 7) is 2.08. The molecule has 7 nitrogen and oxygen atoms in total. The highest BCUT2D eigenvalue weighted by Gasteiger charge is 2.17. The maximum absolute atomic E-state index is 12.5. The third-order valence-corrected chi connectivity index (χ3v) is 5.31. The molecule has 1 amide bonds. The largest absolute Gasteiger partial charge is 0.495 e. The first-order valence-electron chi connectivity index (χ1n) is 8.42. The maximum Gasteiger partial charge on any atom is 0.241 e. The zero-order chi connectivity index (χ0) is 19.6. The van der Waals surface area contributed by atoms with Crippen LogP contribution in [0, 0.1) is 0 Å². The number of methoxy groups -OCH3 is 1. The van der Waals surface area contributed by atoms with Crippen LogP contribution >= 0.6 is 0 Å². The number of H-pyrrole nitrogens is 1. The number of sulfonamides is 1. The quantitative estimate of drug-likeness (QED) is 0.603. The topological polar surface area (TPSA) is 114 Å². The molecular formula is C19H21N3O4S. The number of primary sulfonamides is 1. The first-order chi connectivity index (χ1) is 12.8. The number of fused-ring (bicyclic) bond motifs is 1. The molecule has 0 radical (unpaired) electrons. The second-order valence-electron chi connectivity index (χ2n) is 6.14. The number of anilines is 1. The zero-order valence-corrected chi connectivity index (χ0v) is 15.9. The van der Waals surface area contributed by atoms with Crippen molar-refractivity contribution in [3.05, 3.63) is 53.7 Å². The van der Waals surface area contributed by atoms with Crippen molar-refractivity contribution in [1.82, 2.24) is 4.98 Å². The second-order valence-corrected chi connectivity index (χ2v) is 7.67. The fourth-order valence-corrected chi connectivity index (χ4v) is 3.79. The van der Waals surface area contributed by atoms with Crippen molar-refractivity contribution in [2.75, 3.05) is 12.4 Å². The molecule has 1 aromatic heterocycles. The van der Waals surface area contributed by atoms with Gasteiger partial charge >= 0.3 is 0 Å². The predicted octanol–water partition coefficient (Wildman–Crippen LogP) is 2.57. The Morgan fingerprint density at radius 3 is 2.67 bits per heavy atom. The Kier molecular flexibility index (Phi) is 5.20. The first-order valence-corrected chi connectivity index (χ1v) is 9.96. The van der Waals surface area contributed by atoms with Gasteiger partial charge in [0.15, 0.2) is 0 Å². The Hall–Kier alpha value is -2.84. The number of amides is 1. The molecule has 2 aromatic carbocycles. The van der Waals surface area contributed by atoms with Crippen LogP contribution in [-0.4, -0.2) is 26.4 Å². The third kappa shape index (κ3) is 3.96. The summed E-state index contributed by atoms with van der Waals surface area (Å²) >= 11 is 0. The van der Waals surface area contributed by atoms with E-state index in [1.54, 1.807) is 6.07 Å². The number of benzene rings is 2. The van der Waals surface area contributed by atoms with Crippen molar-refractivity contribution in [3.8, 4) is 5.75 Å². The number of hydrogen-bond acceptors (Lipinski definition) is 4. The standard InChI is InChI=1S/C19H21N3O4S/c1-3-12-5-4-6-15-13(11-21-19(12)15)9-18(23)22-14-7-8-16(26-2)17(10-14)27(20,24)25/h4-8,10-11,21H,3,9H2,1-2H3,(H,22,23)(H2,20,24,25). The highest BCUT2D eigenvalue weighted by Crippen LogP contribution is 2.27. The summed E-state index contributed by atoms with van der Waals surface area (Å²) in [4.78, 5) is 15.5. The summed E-state index contributed by atoms with van der Waals surface area (Å²) in [5.41, 5.74) is 3.42. The van der Waals surface area contributed by atoms with Crippen molar-refractivity contribution in [1.29, 1.82) is 0 Å². The molecule has 0 aliphatic carbocycles. The number of nitrogens with one attached hydrogen (secondary N) is 2. The van der Waals surface area contributed by atoms with Gasteiger partial charge in [-0.15, -0.1) is 0 Å². The maximum atomic E-state index is 12.5. The van der Waals surface area contributed by atoms with Crippen LogP contribution in [0.2, 0.25) is 0 Å². The Labute approximate surface area is 157 Å². The Balaban J connectivity index is 1.83. The van der Waals surface area contributed by atoms with Crippen molar-refractivity contribution >= 4 is 32.5 Å². The lowest BCUT2D eigenvalue weighted by Gasteiger charge is -2.10. The minimum atomic E-state index is -3.97. The van der Waals surface area contributed by atoms with Crippen LogP contribution in [0.5, 0.6) is 5.75 Å². The molecule has 0 saturated heterocycles. The molecule has 0 atom stereocenters. The van der Waals surface area contributed by atoms with Crippen LogP contribution in [0.25, 0.3) is 10.9 Å². The normalized spacial score (nSPS) is 11.5. The SMILES string of the molecule is CCc1cccc2c(CC(=O)Nc3ccc(OC)c(S(N)(=O)=O)c3)c[nH]c12. The van der Waals surface area contributed by atoms with E-state index in [0.29, 0.717) is 5.69 Å². The summed E-state index contributed by atoms with van der Waals surface area (Å²) < 4.78 is 28.4. The van der Waals surface area contributed by atoms with Crippen molar-refractivity contribution in [2.45, 2.75) is 24.7 Å². The lowest BCUT2D eigenvalue weighted by molar-refractivity contribution is -0.115. The number of carbonyl (C=O) groups is 1. The van der Waals surface area contributed by atoms with Gasteiger partial charge in [0.1, 0.15) is 10.6 Å². The molecule has 0 bridgehead atoms. The Morgan fingerprint density at radius 2 is 2.00 bits per heavy atom. The summed E-state index contributed by atoms with van der Waals surface area (Å²) in [6, 6.07) is 10.3. The van der Waals surface area contributed by atoms with Gasteiger partial charge in [0, 0.05) is 22.8 Å². The van der Waals surface area contributed by atoms with Gasteiger partial charge in [0.25, 0.3) is 0 Å². The van der Waals surface area contributed by atoms with Gasteiger partial charge in [-0.1, -0.05) is 25.1 Å². The number of aryl methyl sites for hydroxylation is 1. The first kappa shape index (κ1) is 18.9. The van der Waals surface area contributed by atoms with Crippen LogP contribution < -0.4 is 15.2 Å². The summed E-state index contributed by atoms with van der Waals surface area (Å²) in [7, 11) is -2.62. The smallest absolute Gasteiger partial charge is 0.241 e. The molecule has 0 spiro atoms. The van der Waals surface area contributed by atoms with Crippen LogP contribution in [-0.2, 0) is 27.7 Å². The fourth-order valence-electron chi connectivity index (χ4n) is 3.07. The molecule has 0 fully saturated rings. The van der Waals surface area contributed by atoms with E-state index >= 15 is 0 Å². The highest BCUT2D eigenvalue weighted by atomic mass is 32.2. The average Bonchev–Trinajstić information content (AvgIpc) is 3.03. The van der Waals surface area contributed by atoms with Gasteiger partial charge in [-0.05, 0) is 35.7 Å². The third-order valence-electron chi connectivity index (χ3n) is 4.37. The van der Waals surface area contributed by atoms with E-state index in [2.05, 4.69) is 23.3 Å². The van der Waals surface area contributed by atoms with Crippen molar-refractivity contribution in [3.63, 3.8) is 0 Å². The molecule has 0 saturated carbocycles. The van der Waals surface area contributed by atoms with E-state index < -0.39 is 10.0 Å². The molecule has 1 heterocycles. The van der Waals surface area contributed by atoms with E-state index in [0.717, 1.165) is 22.9 Å². The second kappa shape index (κ2) is 7.42. The summed E-state index contributed by atoms with van der Waals surface area (Å²) in [5.74, 6) is -0.137. The molecule has 27 heavy (non-hydrogen) atoms.